The maximum atomic E-state index is 8.79. The Morgan fingerprint density at radius 3 is 2.47 bits per heavy atom. The maximum Gasteiger partial charge on any atom is 0.144 e. The third-order valence-corrected chi connectivity index (χ3v) is 3.41. The van der Waals surface area contributed by atoms with Crippen LogP contribution in [0.3, 0.4) is 0 Å². The fourth-order valence-corrected chi connectivity index (χ4v) is 2.13. The van der Waals surface area contributed by atoms with E-state index in [1.165, 1.54) is 5.56 Å². The Kier molecular flexibility index (Phi) is 4.18. The van der Waals surface area contributed by atoms with Crippen molar-refractivity contribution in [2.45, 2.75) is 19.8 Å². The lowest BCUT2D eigenvalue weighted by atomic mass is 10.0. The number of nitriles is 1. The summed E-state index contributed by atoms with van der Waals surface area (Å²) in [7, 11) is 0. The van der Waals surface area contributed by atoms with Gasteiger partial charge in [0.25, 0.3) is 0 Å². The largest absolute Gasteiger partial charge is 0.339 e. The number of benzene rings is 1. The third-order valence-electron chi connectivity index (χ3n) is 2.81. The Hall–Kier alpha value is -1.86. The first-order chi connectivity index (χ1) is 9.10. The lowest BCUT2D eigenvalue weighted by Gasteiger charge is -2.10. The molecule has 0 fully saturated rings. The van der Waals surface area contributed by atoms with E-state index in [1.807, 2.05) is 12.1 Å². The highest BCUT2D eigenvalue weighted by atomic mass is 79.9. The number of pyridine rings is 1. The number of hydrogen-bond acceptors (Lipinski definition) is 3. The average molecular weight is 316 g/mol. The van der Waals surface area contributed by atoms with E-state index in [-0.39, 0.29) is 0 Å². The van der Waals surface area contributed by atoms with Gasteiger partial charge in [0.15, 0.2) is 0 Å². The standard InChI is InChI=1S/C15H14BrN3/c1-10(2)12-3-5-13(6-4-12)19-15-14(16)7-11(8-17)9-18-15/h3-7,9-10H,1-2H3,(H,18,19). The summed E-state index contributed by atoms with van der Waals surface area (Å²) >= 11 is 3.41. The van der Waals surface area contributed by atoms with Gasteiger partial charge in [-0.15, -0.1) is 0 Å². The molecule has 1 heterocycles. The molecule has 0 bridgehead atoms. The second kappa shape index (κ2) is 5.85. The maximum absolute atomic E-state index is 8.79. The zero-order chi connectivity index (χ0) is 13.8. The van der Waals surface area contributed by atoms with Crippen molar-refractivity contribution in [1.29, 1.82) is 5.26 Å². The van der Waals surface area contributed by atoms with Crippen LogP contribution < -0.4 is 5.32 Å². The van der Waals surface area contributed by atoms with E-state index in [0.29, 0.717) is 17.3 Å². The van der Waals surface area contributed by atoms with Crippen LogP contribution in [-0.4, -0.2) is 4.98 Å². The van der Waals surface area contributed by atoms with Crippen molar-refractivity contribution in [3.8, 4) is 6.07 Å². The molecule has 1 N–H and O–H groups in total. The Labute approximate surface area is 121 Å². The van der Waals surface area contributed by atoms with E-state index in [4.69, 9.17) is 5.26 Å². The van der Waals surface area contributed by atoms with Gasteiger partial charge in [0.05, 0.1) is 10.0 Å². The molecule has 96 valence electrons. The van der Waals surface area contributed by atoms with Gasteiger partial charge >= 0.3 is 0 Å². The molecule has 0 atom stereocenters. The smallest absolute Gasteiger partial charge is 0.144 e. The molecule has 2 aromatic rings. The molecule has 0 aliphatic carbocycles. The van der Waals surface area contributed by atoms with E-state index in [9.17, 15) is 0 Å². The molecule has 0 aliphatic rings. The van der Waals surface area contributed by atoms with Crippen molar-refractivity contribution >= 4 is 27.4 Å². The lowest BCUT2D eigenvalue weighted by Crippen LogP contribution is -1.96. The quantitative estimate of drug-likeness (QED) is 0.901. The molecule has 1 aromatic carbocycles. The molecule has 0 saturated carbocycles. The normalized spacial score (nSPS) is 10.3. The highest BCUT2D eigenvalue weighted by Crippen LogP contribution is 2.25. The second-order valence-electron chi connectivity index (χ2n) is 4.57. The summed E-state index contributed by atoms with van der Waals surface area (Å²) in [6.45, 7) is 4.34. The van der Waals surface area contributed by atoms with Gasteiger partial charge in [-0.1, -0.05) is 26.0 Å². The van der Waals surface area contributed by atoms with Crippen LogP contribution in [0, 0.1) is 11.3 Å². The van der Waals surface area contributed by atoms with E-state index in [1.54, 1.807) is 12.3 Å². The van der Waals surface area contributed by atoms with Crippen molar-refractivity contribution in [1.82, 2.24) is 4.98 Å². The Balaban J connectivity index is 2.19. The molecule has 4 heteroatoms. The van der Waals surface area contributed by atoms with Crippen LogP contribution in [0.1, 0.15) is 30.9 Å². The number of aromatic nitrogens is 1. The van der Waals surface area contributed by atoms with Crippen molar-refractivity contribution in [2.75, 3.05) is 5.32 Å². The first-order valence-electron chi connectivity index (χ1n) is 6.03. The molecule has 2 rings (SSSR count). The topological polar surface area (TPSA) is 48.7 Å². The van der Waals surface area contributed by atoms with Crippen LogP contribution >= 0.6 is 15.9 Å². The van der Waals surface area contributed by atoms with Crippen LogP contribution in [0.2, 0.25) is 0 Å². The highest BCUT2D eigenvalue weighted by molar-refractivity contribution is 9.10. The molecule has 0 unspecified atom stereocenters. The predicted molar refractivity (Wildman–Crippen MR) is 80.5 cm³/mol. The lowest BCUT2D eigenvalue weighted by molar-refractivity contribution is 0.867. The number of halogens is 1. The van der Waals surface area contributed by atoms with Gasteiger partial charge in [-0.25, -0.2) is 4.98 Å². The third kappa shape index (κ3) is 3.33. The fraction of sp³-hybridized carbons (Fsp3) is 0.200. The molecule has 0 saturated heterocycles. The van der Waals surface area contributed by atoms with Crippen molar-refractivity contribution in [3.05, 3.63) is 52.1 Å². The summed E-state index contributed by atoms with van der Waals surface area (Å²) in [6, 6.07) is 12.1. The zero-order valence-corrected chi connectivity index (χ0v) is 12.4. The minimum atomic E-state index is 0.522. The summed E-state index contributed by atoms with van der Waals surface area (Å²) in [5, 5.41) is 12.0. The van der Waals surface area contributed by atoms with Crippen LogP contribution in [-0.2, 0) is 0 Å². The first-order valence-corrected chi connectivity index (χ1v) is 6.82. The number of hydrogen-bond donors (Lipinski definition) is 1. The van der Waals surface area contributed by atoms with Gasteiger partial charge in [-0.05, 0) is 45.6 Å². The van der Waals surface area contributed by atoms with Crippen molar-refractivity contribution in [3.63, 3.8) is 0 Å². The highest BCUT2D eigenvalue weighted by Gasteiger charge is 2.04. The Morgan fingerprint density at radius 2 is 1.95 bits per heavy atom. The summed E-state index contributed by atoms with van der Waals surface area (Å²) in [6.07, 6.45) is 1.55. The average Bonchev–Trinajstić information content (AvgIpc) is 2.41. The van der Waals surface area contributed by atoms with Crippen LogP contribution in [0.4, 0.5) is 11.5 Å². The SMILES string of the molecule is CC(C)c1ccc(Nc2ncc(C#N)cc2Br)cc1. The molecular formula is C15H14BrN3. The van der Waals surface area contributed by atoms with Crippen LogP contribution in [0.25, 0.3) is 0 Å². The molecule has 3 nitrogen and oxygen atoms in total. The van der Waals surface area contributed by atoms with Crippen LogP contribution in [0.5, 0.6) is 0 Å². The van der Waals surface area contributed by atoms with E-state index in [2.05, 4.69) is 58.3 Å². The van der Waals surface area contributed by atoms with E-state index < -0.39 is 0 Å². The van der Waals surface area contributed by atoms with Crippen molar-refractivity contribution < 1.29 is 0 Å². The number of rotatable bonds is 3. The van der Waals surface area contributed by atoms with Gasteiger partial charge in [-0.2, -0.15) is 5.26 Å². The predicted octanol–water partition coefficient (Wildman–Crippen LogP) is 4.58. The minimum absolute atomic E-state index is 0.522. The second-order valence-corrected chi connectivity index (χ2v) is 5.42. The summed E-state index contributed by atoms with van der Waals surface area (Å²) < 4.78 is 0.777. The van der Waals surface area contributed by atoms with Crippen molar-refractivity contribution in [2.24, 2.45) is 0 Å². The summed E-state index contributed by atoms with van der Waals surface area (Å²) in [4.78, 5) is 4.22. The van der Waals surface area contributed by atoms with E-state index in [0.717, 1.165) is 10.2 Å². The Bertz CT molecular complexity index is 612. The molecular weight excluding hydrogens is 302 g/mol. The number of nitrogens with one attached hydrogen (secondary N) is 1. The number of nitrogens with zero attached hydrogens (tertiary/aromatic N) is 2. The zero-order valence-electron chi connectivity index (χ0n) is 10.8. The molecule has 0 spiro atoms. The van der Waals surface area contributed by atoms with Crippen LogP contribution in [0.15, 0.2) is 41.0 Å². The molecule has 0 radical (unpaired) electrons. The van der Waals surface area contributed by atoms with Gasteiger partial charge in [0.2, 0.25) is 0 Å². The molecule has 19 heavy (non-hydrogen) atoms. The molecule has 0 amide bonds. The summed E-state index contributed by atoms with van der Waals surface area (Å²) in [5.41, 5.74) is 2.81. The first kappa shape index (κ1) is 13.6. The van der Waals surface area contributed by atoms with Gasteiger partial charge in [-0.3, -0.25) is 0 Å². The molecule has 1 aromatic heterocycles. The fourth-order valence-electron chi connectivity index (χ4n) is 1.68. The number of anilines is 2. The Morgan fingerprint density at radius 1 is 1.26 bits per heavy atom. The van der Waals surface area contributed by atoms with Gasteiger partial charge in [0, 0.05) is 11.9 Å². The van der Waals surface area contributed by atoms with Gasteiger partial charge in [0.1, 0.15) is 11.9 Å². The summed E-state index contributed by atoms with van der Waals surface area (Å²) in [5.74, 6) is 1.23. The minimum Gasteiger partial charge on any atom is -0.339 e. The van der Waals surface area contributed by atoms with Gasteiger partial charge < -0.3 is 5.32 Å². The monoisotopic (exact) mass is 315 g/mol. The van der Waals surface area contributed by atoms with E-state index >= 15 is 0 Å². The molecule has 0 aliphatic heterocycles.